The quantitative estimate of drug-likeness (QED) is 0.162. The molecule has 46 heavy (non-hydrogen) atoms. The third-order valence-corrected chi connectivity index (χ3v) is 12.3. The fourth-order valence-electron chi connectivity index (χ4n) is 10.6. The smallest absolute Gasteiger partial charge is 0.0723 e. The van der Waals surface area contributed by atoms with Crippen LogP contribution >= 0.6 is 11.6 Å². The Morgan fingerprint density at radius 2 is 0.848 bits per heavy atom. The SMILES string of the molecule is Clc1cccc2c1-c1ccc3c(c1C21c2ccccc2C2(c4ccccc4-c4ccccc42)c2ccccc21)C1c2cccc-3c21. The molecular weight excluding hydrogens is 576 g/mol. The molecule has 0 fully saturated rings. The fraction of sp³-hybridized carbons (Fsp3) is 0.0667. The first kappa shape index (κ1) is 24.1. The molecule has 1 heteroatoms. The van der Waals surface area contributed by atoms with Gasteiger partial charge >= 0.3 is 0 Å². The van der Waals surface area contributed by atoms with Crippen LogP contribution in [0.5, 0.6) is 0 Å². The molecule has 0 heterocycles. The molecule has 1 atom stereocenters. The van der Waals surface area contributed by atoms with Gasteiger partial charge in [0.15, 0.2) is 0 Å². The van der Waals surface area contributed by atoms with Crippen molar-refractivity contribution in [2.45, 2.75) is 16.7 Å². The average molecular weight is 601 g/mol. The van der Waals surface area contributed by atoms with Gasteiger partial charge in [-0.3, -0.25) is 0 Å². The maximum atomic E-state index is 7.27. The van der Waals surface area contributed by atoms with E-state index < -0.39 is 10.8 Å². The summed E-state index contributed by atoms with van der Waals surface area (Å²) in [5, 5.41) is 0.826. The third-order valence-electron chi connectivity index (χ3n) is 12.0. The Labute approximate surface area is 272 Å². The first-order valence-corrected chi connectivity index (χ1v) is 16.6. The molecule has 12 rings (SSSR count). The van der Waals surface area contributed by atoms with Crippen LogP contribution in [0.25, 0.3) is 33.4 Å². The second-order valence-corrected chi connectivity index (χ2v) is 13.9. The van der Waals surface area contributed by atoms with Crippen molar-refractivity contribution in [1.29, 1.82) is 0 Å². The van der Waals surface area contributed by atoms with E-state index in [1.165, 1.54) is 94.6 Å². The van der Waals surface area contributed by atoms with Crippen molar-refractivity contribution in [2.75, 3.05) is 0 Å². The maximum absolute atomic E-state index is 7.27. The van der Waals surface area contributed by atoms with E-state index in [4.69, 9.17) is 11.6 Å². The van der Waals surface area contributed by atoms with E-state index in [0.717, 1.165) is 5.02 Å². The monoisotopic (exact) mass is 600 g/mol. The van der Waals surface area contributed by atoms with Crippen LogP contribution in [0.3, 0.4) is 0 Å². The summed E-state index contributed by atoms with van der Waals surface area (Å²) in [6.07, 6.45) is 0. The third kappa shape index (κ3) is 2.35. The lowest BCUT2D eigenvalue weighted by molar-refractivity contribution is 0.630. The van der Waals surface area contributed by atoms with Crippen LogP contribution in [0.4, 0.5) is 0 Å². The number of hydrogen-bond acceptors (Lipinski definition) is 0. The highest BCUT2D eigenvalue weighted by molar-refractivity contribution is 6.34. The van der Waals surface area contributed by atoms with Crippen molar-refractivity contribution in [3.8, 4) is 33.4 Å². The highest BCUT2D eigenvalue weighted by Crippen LogP contribution is 2.72. The van der Waals surface area contributed by atoms with Crippen molar-refractivity contribution in [2.24, 2.45) is 0 Å². The van der Waals surface area contributed by atoms with Crippen LogP contribution in [0.2, 0.25) is 5.02 Å². The van der Waals surface area contributed by atoms with Gasteiger partial charge in [-0.1, -0.05) is 151 Å². The van der Waals surface area contributed by atoms with E-state index in [1.54, 1.807) is 0 Å². The van der Waals surface area contributed by atoms with Crippen LogP contribution in [-0.2, 0) is 10.8 Å². The Kier molecular flexibility index (Phi) is 4.08. The summed E-state index contributed by atoms with van der Waals surface area (Å²) in [6, 6.07) is 55.1. The van der Waals surface area contributed by atoms with E-state index in [1.807, 2.05) is 0 Å². The molecule has 5 aliphatic carbocycles. The van der Waals surface area contributed by atoms with E-state index in [9.17, 15) is 0 Å². The predicted molar refractivity (Wildman–Crippen MR) is 186 cm³/mol. The lowest BCUT2D eigenvalue weighted by atomic mass is 9.52. The van der Waals surface area contributed by atoms with Gasteiger partial charge in [0.05, 0.1) is 10.8 Å². The lowest BCUT2D eigenvalue weighted by Crippen LogP contribution is -2.44. The molecule has 0 bridgehead atoms. The van der Waals surface area contributed by atoms with E-state index in [0.29, 0.717) is 5.92 Å². The number of rotatable bonds is 0. The molecule has 0 nitrogen and oxygen atoms in total. The summed E-state index contributed by atoms with van der Waals surface area (Å²) in [7, 11) is 0. The molecule has 7 aromatic rings. The van der Waals surface area contributed by atoms with Crippen molar-refractivity contribution in [3.05, 3.63) is 212 Å². The molecular formula is C45H25Cl. The summed E-state index contributed by atoms with van der Waals surface area (Å²) >= 11 is 7.27. The van der Waals surface area contributed by atoms with Gasteiger partial charge in [-0.2, -0.15) is 0 Å². The van der Waals surface area contributed by atoms with Gasteiger partial charge in [0, 0.05) is 16.5 Å². The Morgan fingerprint density at radius 3 is 1.50 bits per heavy atom. The van der Waals surface area contributed by atoms with Gasteiger partial charge in [0.2, 0.25) is 0 Å². The summed E-state index contributed by atoms with van der Waals surface area (Å²) in [4.78, 5) is 0. The molecule has 1 unspecified atom stereocenters. The maximum Gasteiger partial charge on any atom is 0.0723 e. The Balaban J connectivity index is 1.31. The van der Waals surface area contributed by atoms with Crippen molar-refractivity contribution < 1.29 is 0 Å². The van der Waals surface area contributed by atoms with Crippen LogP contribution in [-0.4, -0.2) is 0 Å². The first-order chi connectivity index (χ1) is 22.8. The van der Waals surface area contributed by atoms with E-state index in [2.05, 4.69) is 146 Å². The van der Waals surface area contributed by atoms with Crippen LogP contribution in [0.1, 0.15) is 67.1 Å². The summed E-state index contributed by atoms with van der Waals surface area (Å²) in [5.74, 6) is 0.364. The standard InChI is InChI=1S/C45H25Cl/c46-38-22-10-21-37-40(38)30-24-23-28-27-13-9-14-29-39(27)41(29)42(28)43(30)45(37)35-19-7-5-17-33(35)44(34-18-6-8-20-36(34)45)31-15-3-1-11-25(31)26-12-2-4-16-32(26)44/h1-24,41H. The number of fused-ring (bicyclic) bond motifs is 21. The van der Waals surface area contributed by atoms with Gasteiger partial charge in [-0.15, -0.1) is 0 Å². The lowest BCUT2D eigenvalue weighted by Gasteiger charge is -2.49. The van der Waals surface area contributed by atoms with Gasteiger partial charge < -0.3 is 0 Å². The molecule has 0 N–H and O–H groups in total. The summed E-state index contributed by atoms with van der Waals surface area (Å²) in [6.45, 7) is 0. The van der Waals surface area contributed by atoms with Crippen LogP contribution in [0.15, 0.2) is 146 Å². The molecule has 0 saturated carbocycles. The van der Waals surface area contributed by atoms with Gasteiger partial charge in [-0.25, -0.2) is 0 Å². The molecule has 0 aromatic heterocycles. The summed E-state index contributed by atoms with van der Waals surface area (Å²) in [5.41, 5.74) is 22.4. The van der Waals surface area contributed by atoms with E-state index >= 15 is 0 Å². The highest BCUT2D eigenvalue weighted by atomic mass is 35.5. The normalized spacial score (nSPS) is 17.8. The molecule has 5 aliphatic rings. The summed E-state index contributed by atoms with van der Waals surface area (Å²) < 4.78 is 0. The van der Waals surface area contributed by atoms with Crippen molar-refractivity contribution in [3.63, 3.8) is 0 Å². The topological polar surface area (TPSA) is 0 Å². The molecule has 0 amide bonds. The van der Waals surface area contributed by atoms with Gasteiger partial charge in [0.25, 0.3) is 0 Å². The largest absolute Gasteiger partial charge is 0.0837 e. The highest BCUT2D eigenvalue weighted by Gasteiger charge is 2.61. The van der Waals surface area contributed by atoms with Crippen LogP contribution in [0, 0.1) is 0 Å². The molecule has 0 aliphatic heterocycles. The van der Waals surface area contributed by atoms with Crippen molar-refractivity contribution >= 4 is 11.6 Å². The van der Waals surface area contributed by atoms with Gasteiger partial charge in [-0.05, 0) is 95.1 Å². The Morgan fingerprint density at radius 1 is 0.370 bits per heavy atom. The zero-order chi connectivity index (χ0) is 29.9. The predicted octanol–water partition coefficient (Wildman–Crippen LogP) is 10.9. The fourth-order valence-corrected chi connectivity index (χ4v) is 10.8. The zero-order valence-electron chi connectivity index (χ0n) is 24.8. The van der Waals surface area contributed by atoms with Crippen molar-refractivity contribution in [1.82, 2.24) is 0 Å². The van der Waals surface area contributed by atoms with Gasteiger partial charge in [0.1, 0.15) is 0 Å². The second-order valence-electron chi connectivity index (χ2n) is 13.5. The second kappa shape index (κ2) is 7.79. The number of halogens is 1. The number of hydrogen-bond donors (Lipinski definition) is 0. The van der Waals surface area contributed by atoms with E-state index in [-0.39, 0.29) is 0 Å². The number of benzene rings is 7. The minimum Gasteiger partial charge on any atom is -0.0837 e. The molecule has 7 aromatic carbocycles. The van der Waals surface area contributed by atoms with Crippen LogP contribution < -0.4 is 0 Å². The minimum atomic E-state index is -0.511. The molecule has 0 saturated heterocycles. The first-order valence-electron chi connectivity index (χ1n) is 16.3. The molecule has 2 spiro atoms. The average Bonchev–Trinajstić information content (AvgIpc) is 3.47. The Bertz CT molecular complexity index is 2470. The zero-order valence-corrected chi connectivity index (χ0v) is 25.6. The molecule has 212 valence electrons. The molecule has 0 radical (unpaired) electrons. The minimum absolute atomic E-state index is 0.364. The Hall–Kier alpha value is -5.17.